The molecule has 0 radical (unpaired) electrons. The molecule has 0 amide bonds. The molecule has 0 bridgehead atoms. The molecule has 0 atom stereocenters. The Morgan fingerprint density at radius 1 is 0.162 bits per heavy atom. The highest BCUT2D eigenvalue weighted by atomic mass is 14.6. The molecule has 15 aromatic rings. The summed E-state index contributed by atoms with van der Waals surface area (Å²) in [6.07, 6.45) is 0. The lowest BCUT2D eigenvalue weighted by Gasteiger charge is -2.36. The largest absolute Gasteiger partial charge is 0.0725 e. The van der Waals surface area contributed by atoms with Gasteiger partial charge in [0.15, 0.2) is 0 Å². The van der Waals surface area contributed by atoms with Crippen molar-refractivity contribution in [3.05, 3.63) is 404 Å². The number of hydrogen-bond donors (Lipinski definition) is 0. The normalized spacial score (nSPS) is 16.3. The van der Waals surface area contributed by atoms with E-state index in [0.717, 1.165) is 0 Å². The van der Waals surface area contributed by atoms with E-state index in [1.807, 2.05) is 0 Å². The van der Waals surface area contributed by atoms with Crippen LogP contribution in [0.1, 0.15) is 150 Å². The predicted octanol–water partition coefficient (Wildman–Crippen LogP) is 26.6. The van der Waals surface area contributed by atoms with Gasteiger partial charge in [0.25, 0.3) is 0 Å². The maximum atomic E-state index is 2.67. The lowest BCUT2D eigenvalue weighted by atomic mass is 9.65. The van der Waals surface area contributed by atoms with Gasteiger partial charge in [-0.3, -0.25) is 0 Å². The smallest absolute Gasteiger partial charge is 0.0619 e. The van der Waals surface area contributed by atoms with Crippen molar-refractivity contribution in [3.8, 4) is 122 Å². The average molecular weight is 1340 g/mol. The Hall–Kier alpha value is -11.7. The summed E-state index contributed by atoms with van der Waals surface area (Å²) < 4.78 is 0. The second kappa shape index (κ2) is 20.8. The molecule has 7 aliphatic rings. The summed E-state index contributed by atoms with van der Waals surface area (Å²) in [5.41, 5.74) is 48.4. The molecule has 15 aromatic carbocycles. The molecule has 0 nitrogen and oxygen atoms in total. The average Bonchev–Trinajstić information content (AvgIpc) is 1.50. The van der Waals surface area contributed by atoms with E-state index >= 15 is 0 Å². The van der Waals surface area contributed by atoms with Crippen molar-refractivity contribution in [2.24, 2.45) is 0 Å². The third-order valence-corrected chi connectivity index (χ3v) is 26.8. The van der Waals surface area contributed by atoms with Gasteiger partial charge in [0.1, 0.15) is 0 Å². The minimum atomic E-state index is -0.965. The first kappa shape index (κ1) is 60.8. The molecular formula is C105H78. The predicted molar refractivity (Wildman–Crippen MR) is 437 cm³/mol. The number of aryl methyl sites for hydroxylation is 1. The molecule has 22 rings (SSSR count). The van der Waals surface area contributed by atoms with Crippen molar-refractivity contribution in [2.45, 2.75) is 94.8 Å². The summed E-state index contributed by atoms with van der Waals surface area (Å²) in [5.74, 6) is 0. The van der Waals surface area contributed by atoms with Gasteiger partial charge in [0.2, 0.25) is 0 Å². The Morgan fingerprint density at radius 3 is 0.743 bits per heavy atom. The number of benzene rings is 15. The Morgan fingerprint density at radius 2 is 0.400 bits per heavy atom. The van der Waals surface area contributed by atoms with E-state index in [1.54, 1.807) is 0 Å². The lowest BCUT2D eigenvalue weighted by Crippen LogP contribution is -2.29. The molecule has 7 aliphatic carbocycles. The SMILES string of the molecule is Cc1ccc2c(c1)-c1c(ccc3c1-c1ccccc1C31c3ccccc3-c3ccccc31)C2(c1cc(-c2cccc3c2-c2ccccc2C3(C)C)cc(-c2cccc3c2-c2ccccc2C3(C)C)c1)c1cc(-c2cccc3c2-c2ccccc2C3(C)C)cc(-c2cccc3c2-c2ccccc2C3(C)C)c1. The van der Waals surface area contributed by atoms with Crippen molar-refractivity contribution < 1.29 is 0 Å². The van der Waals surface area contributed by atoms with Gasteiger partial charge in [0.05, 0.1) is 10.8 Å². The molecule has 0 saturated carbocycles. The fourth-order valence-electron chi connectivity index (χ4n) is 22.2. The number of hydrogen-bond acceptors (Lipinski definition) is 0. The summed E-state index contributed by atoms with van der Waals surface area (Å²) in [6, 6.07) is 122. The van der Waals surface area contributed by atoms with Crippen LogP contribution in [-0.2, 0) is 32.5 Å². The van der Waals surface area contributed by atoms with Crippen molar-refractivity contribution >= 4 is 0 Å². The minimum Gasteiger partial charge on any atom is -0.0619 e. The van der Waals surface area contributed by atoms with Crippen LogP contribution in [0.25, 0.3) is 122 Å². The zero-order chi connectivity index (χ0) is 70.6. The van der Waals surface area contributed by atoms with Crippen molar-refractivity contribution in [1.82, 2.24) is 0 Å². The number of fused-ring (bicyclic) bond motifs is 26. The third kappa shape index (κ3) is 7.57. The van der Waals surface area contributed by atoms with E-state index < -0.39 is 10.8 Å². The highest BCUT2D eigenvalue weighted by molar-refractivity contribution is 6.07. The van der Waals surface area contributed by atoms with Gasteiger partial charge in [-0.15, -0.1) is 0 Å². The zero-order valence-electron chi connectivity index (χ0n) is 60.9. The van der Waals surface area contributed by atoms with Crippen LogP contribution in [-0.4, -0.2) is 0 Å². The molecule has 0 heterocycles. The molecule has 0 N–H and O–H groups in total. The molecule has 498 valence electrons. The second-order valence-corrected chi connectivity index (χ2v) is 33.3. The van der Waals surface area contributed by atoms with Gasteiger partial charge in [-0.2, -0.15) is 0 Å². The van der Waals surface area contributed by atoms with Gasteiger partial charge in [0, 0.05) is 21.7 Å². The van der Waals surface area contributed by atoms with Crippen molar-refractivity contribution in [2.75, 3.05) is 0 Å². The molecule has 0 fully saturated rings. The molecule has 0 saturated heterocycles. The van der Waals surface area contributed by atoms with E-state index in [-0.39, 0.29) is 21.7 Å². The van der Waals surface area contributed by atoms with E-state index in [1.165, 1.54) is 217 Å². The highest BCUT2D eigenvalue weighted by Crippen LogP contribution is 2.69. The summed E-state index contributed by atoms with van der Waals surface area (Å²) in [7, 11) is 0. The maximum absolute atomic E-state index is 2.67. The zero-order valence-corrected chi connectivity index (χ0v) is 60.9. The Balaban J connectivity index is 0.934. The van der Waals surface area contributed by atoms with Crippen LogP contribution >= 0.6 is 0 Å². The maximum Gasteiger partial charge on any atom is 0.0725 e. The van der Waals surface area contributed by atoms with Crippen LogP contribution in [0, 0.1) is 6.92 Å². The van der Waals surface area contributed by atoms with E-state index in [0.29, 0.717) is 0 Å². The summed E-state index contributed by atoms with van der Waals surface area (Å²) in [6.45, 7) is 21.7. The monoisotopic (exact) mass is 1340 g/mol. The van der Waals surface area contributed by atoms with E-state index in [9.17, 15) is 0 Å². The van der Waals surface area contributed by atoms with Crippen LogP contribution in [0.3, 0.4) is 0 Å². The van der Waals surface area contributed by atoms with Crippen LogP contribution in [0.5, 0.6) is 0 Å². The Labute approximate surface area is 617 Å². The first-order valence-electron chi connectivity index (χ1n) is 37.9. The summed E-state index contributed by atoms with van der Waals surface area (Å²) >= 11 is 0. The summed E-state index contributed by atoms with van der Waals surface area (Å²) in [4.78, 5) is 0. The second-order valence-electron chi connectivity index (χ2n) is 33.3. The van der Waals surface area contributed by atoms with Gasteiger partial charge in [-0.05, 0) is 255 Å². The van der Waals surface area contributed by atoms with Crippen LogP contribution in [0.4, 0.5) is 0 Å². The summed E-state index contributed by atoms with van der Waals surface area (Å²) in [5, 5.41) is 0. The minimum absolute atomic E-state index is 0.216. The van der Waals surface area contributed by atoms with Gasteiger partial charge >= 0.3 is 0 Å². The van der Waals surface area contributed by atoms with Crippen LogP contribution in [0.2, 0.25) is 0 Å². The quantitative estimate of drug-likeness (QED) is 0.156. The van der Waals surface area contributed by atoms with Crippen molar-refractivity contribution in [3.63, 3.8) is 0 Å². The molecule has 105 heavy (non-hydrogen) atoms. The Kier molecular flexibility index (Phi) is 12.1. The first-order valence-corrected chi connectivity index (χ1v) is 37.9. The Bertz CT molecular complexity index is 5860. The molecule has 0 unspecified atom stereocenters. The highest BCUT2D eigenvalue weighted by Gasteiger charge is 2.56. The molecule has 0 heteroatoms. The van der Waals surface area contributed by atoms with Crippen LogP contribution in [0.15, 0.2) is 309 Å². The van der Waals surface area contributed by atoms with Gasteiger partial charge in [-0.25, -0.2) is 0 Å². The molecular weight excluding hydrogens is 1260 g/mol. The van der Waals surface area contributed by atoms with Crippen molar-refractivity contribution in [1.29, 1.82) is 0 Å². The molecule has 1 spiro atoms. The number of rotatable bonds is 6. The lowest BCUT2D eigenvalue weighted by molar-refractivity contribution is 0.660. The molecule has 0 aliphatic heterocycles. The van der Waals surface area contributed by atoms with E-state index in [4.69, 9.17) is 0 Å². The third-order valence-electron chi connectivity index (χ3n) is 26.8. The molecule has 0 aromatic heterocycles. The van der Waals surface area contributed by atoms with Gasteiger partial charge < -0.3 is 0 Å². The first-order chi connectivity index (χ1) is 51.0. The van der Waals surface area contributed by atoms with E-state index in [2.05, 4.69) is 372 Å². The fourth-order valence-corrected chi connectivity index (χ4v) is 22.2. The fraction of sp³-hybridized carbons (Fsp3) is 0.143. The standard InChI is InChI=1S/C105H78/c1-61-50-51-87-79(54-61)99-92(52-53-93-98(99)78-34-16-23-45-86(78)105(93)84-43-21-10-28-72(84)73-29-11-22-44-85(73)105)104(87,66-57-62(68-35-24-46-88-94(68)74-30-12-17-39-80(74)100(88,2)3)55-63(58-66)69-36-25-47-89-95(69)75-31-13-18-40-81(75)101(89,4)5)67-59-64(70-37-26-48-90-96(70)76-32-14-19-41-82(76)102(90,6)7)56-65(60-67)71-38-27-49-91-97(71)77-33-15-20-42-83(77)103(91,8)9/h10-60H,1-9H3. The van der Waals surface area contributed by atoms with Crippen LogP contribution < -0.4 is 0 Å². The topological polar surface area (TPSA) is 0 Å². The van der Waals surface area contributed by atoms with Gasteiger partial charge in [-0.1, -0.05) is 334 Å².